The smallest absolute Gasteiger partial charge is 0.260 e. The molecule has 1 heterocycles. The first-order valence-electron chi connectivity index (χ1n) is 6.03. The number of hydrazone groups is 1. The van der Waals surface area contributed by atoms with Gasteiger partial charge < -0.3 is 4.57 Å². The number of nitrogens with one attached hydrogen (secondary N) is 1. The summed E-state index contributed by atoms with van der Waals surface area (Å²) in [7, 11) is 0. The Bertz CT molecular complexity index is 491. The third-order valence-electron chi connectivity index (χ3n) is 2.90. The number of carbonyl (C=O) groups is 1. The second-order valence-electron chi connectivity index (χ2n) is 4.26. The summed E-state index contributed by atoms with van der Waals surface area (Å²) in [6.45, 7) is 5.97. The first-order chi connectivity index (χ1) is 8.54. The molecule has 0 saturated carbocycles. The molecule has 0 aliphatic carbocycles. The summed E-state index contributed by atoms with van der Waals surface area (Å²) in [5.41, 5.74) is 3.14. The third kappa shape index (κ3) is 4.16. The summed E-state index contributed by atoms with van der Waals surface area (Å²) in [5, 5.41) is 4.02. The summed E-state index contributed by atoms with van der Waals surface area (Å²) < 4.78 is 1.34. The van der Waals surface area contributed by atoms with Gasteiger partial charge in [0.1, 0.15) is 6.54 Å². The van der Waals surface area contributed by atoms with Crippen LogP contribution in [0.5, 0.6) is 0 Å². The van der Waals surface area contributed by atoms with Crippen LogP contribution in [-0.2, 0) is 11.3 Å². The number of pyridine rings is 1. The van der Waals surface area contributed by atoms with Crippen molar-refractivity contribution in [3.05, 3.63) is 34.7 Å². The number of hydrogen-bond donors (Lipinski definition) is 1. The van der Waals surface area contributed by atoms with Crippen molar-refractivity contribution in [2.24, 2.45) is 11.0 Å². The van der Waals surface area contributed by atoms with E-state index in [0.29, 0.717) is 5.92 Å². The zero-order valence-corrected chi connectivity index (χ0v) is 11.0. The van der Waals surface area contributed by atoms with Crippen molar-refractivity contribution in [2.75, 3.05) is 0 Å². The Kier molecular flexibility index (Phi) is 5.30. The van der Waals surface area contributed by atoms with Crippen LogP contribution in [0.1, 0.15) is 27.2 Å². The number of aromatic nitrogens is 1. The largest absolute Gasteiger partial charge is 0.306 e. The molecule has 0 aliphatic rings. The van der Waals surface area contributed by atoms with Crippen molar-refractivity contribution in [3.63, 3.8) is 0 Å². The molecule has 18 heavy (non-hydrogen) atoms. The van der Waals surface area contributed by atoms with E-state index in [4.69, 9.17) is 0 Å². The normalized spacial score (nSPS) is 13.2. The fourth-order valence-corrected chi connectivity index (χ4v) is 1.34. The highest BCUT2D eigenvalue weighted by Crippen LogP contribution is 2.02. The van der Waals surface area contributed by atoms with E-state index in [2.05, 4.69) is 17.5 Å². The average molecular weight is 249 g/mol. The lowest BCUT2D eigenvalue weighted by molar-refractivity contribution is -0.121. The molecule has 0 unspecified atom stereocenters. The van der Waals surface area contributed by atoms with Gasteiger partial charge in [-0.15, -0.1) is 0 Å². The van der Waals surface area contributed by atoms with Crippen molar-refractivity contribution in [1.29, 1.82) is 0 Å². The molecule has 0 aliphatic heterocycles. The van der Waals surface area contributed by atoms with Gasteiger partial charge in [-0.1, -0.05) is 19.9 Å². The van der Waals surface area contributed by atoms with Crippen LogP contribution in [-0.4, -0.2) is 16.2 Å². The summed E-state index contributed by atoms with van der Waals surface area (Å²) in [6, 6.07) is 4.77. The van der Waals surface area contributed by atoms with E-state index in [1.807, 2.05) is 13.8 Å². The van der Waals surface area contributed by atoms with Crippen LogP contribution in [0.3, 0.4) is 0 Å². The first kappa shape index (κ1) is 14.2. The number of carbonyl (C=O) groups excluding carboxylic acids is 1. The number of rotatable bonds is 5. The van der Waals surface area contributed by atoms with Gasteiger partial charge >= 0.3 is 0 Å². The molecule has 0 radical (unpaired) electrons. The second kappa shape index (κ2) is 6.74. The van der Waals surface area contributed by atoms with Gasteiger partial charge in [0.25, 0.3) is 11.5 Å². The van der Waals surface area contributed by atoms with Crippen LogP contribution in [0.15, 0.2) is 34.3 Å². The van der Waals surface area contributed by atoms with E-state index >= 15 is 0 Å². The van der Waals surface area contributed by atoms with E-state index < -0.39 is 0 Å². The quantitative estimate of drug-likeness (QED) is 0.633. The highest BCUT2D eigenvalue weighted by Gasteiger charge is 2.05. The molecule has 0 aromatic carbocycles. The fourth-order valence-electron chi connectivity index (χ4n) is 1.34. The zero-order valence-electron chi connectivity index (χ0n) is 11.0. The van der Waals surface area contributed by atoms with Crippen LogP contribution >= 0.6 is 0 Å². The van der Waals surface area contributed by atoms with E-state index in [9.17, 15) is 9.59 Å². The molecule has 0 spiro atoms. The molecule has 1 rings (SSSR count). The standard InChI is InChI=1S/C13H19N3O2/c1-4-10(2)11(3)14-15-12(17)9-16-8-6-5-7-13(16)18/h5-8,10H,4,9H2,1-3H3,(H,15,17)/b14-11-/t10-/m1/s1. The van der Waals surface area contributed by atoms with Gasteiger partial charge in [0.2, 0.25) is 0 Å². The Morgan fingerprint density at radius 1 is 1.50 bits per heavy atom. The van der Waals surface area contributed by atoms with Gasteiger partial charge in [-0.2, -0.15) is 5.10 Å². The molecule has 0 bridgehead atoms. The third-order valence-corrected chi connectivity index (χ3v) is 2.90. The van der Waals surface area contributed by atoms with E-state index in [1.165, 1.54) is 10.6 Å². The molecule has 5 heteroatoms. The molecule has 5 nitrogen and oxygen atoms in total. The Morgan fingerprint density at radius 3 is 2.83 bits per heavy atom. The number of amides is 1. The molecule has 1 amide bonds. The van der Waals surface area contributed by atoms with Gasteiger partial charge in [-0.3, -0.25) is 9.59 Å². The van der Waals surface area contributed by atoms with Gasteiger partial charge in [-0.05, 0) is 25.3 Å². The summed E-state index contributed by atoms with van der Waals surface area (Å²) in [5.74, 6) is 0.0377. The van der Waals surface area contributed by atoms with Crippen LogP contribution in [0.2, 0.25) is 0 Å². The summed E-state index contributed by atoms with van der Waals surface area (Å²) in [4.78, 5) is 23.0. The molecule has 0 fully saturated rings. The topological polar surface area (TPSA) is 63.5 Å². The molecule has 1 aromatic heterocycles. The Balaban J connectivity index is 2.58. The highest BCUT2D eigenvalue weighted by molar-refractivity contribution is 5.85. The Hall–Kier alpha value is -1.91. The maximum Gasteiger partial charge on any atom is 0.260 e. The van der Waals surface area contributed by atoms with Crippen LogP contribution in [0, 0.1) is 5.92 Å². The maximum absolute atomic E-state index is 11.6. The highest BCUT2D eigenvalue weighted by atomic mass is 16.2. The average Bonchev–Trinajstić information content (AvgIpc) is 2.37. The van der Waals surface area contributed by atoms with Crippen molar-refractivity contribution in [2.45, 2.75) is 33.7 Å². The second-order valence-corrected chi connectivity index (χ2v) is 4.26. The first-order valence-corrected chi connectivity index (χ1v) is 6.03. The number of hydrogen-bond acceptors (Lipinski definition) is 3. The lowest BCUT2D eigenvalue weighted by Crippen LogP contribution is -2.29. The maximum atomic E-state index is 11.6. The summed E-state index contributed by atoms with van der Waals surface area (Å²) >= 11 is 0. The molecule has 0 saturated heterocycles. The van der Waals surface area contributed by atoms with Crippen molar-refractivity contribution >= 4 is 11.6 Å². The molecular formula is C13H19N3O2. The van der Waals surface area contributed by atoms with Crippen LogP contribution in [0.4, 0.5) is 0 Å². The monoisotopic (exact) mass is 249 g/mol. The van der Waals surface area contributed by atoms with E-state index in [-0.39, 0.29) is 18.0 Å². The van der Waals surface area contributed by atoms with E-state index in [0.717, 1.165) is 12.1 Å². The SMILES string of the molecule is CC[C@@H](C)/C(C)=N\NC(=O)Cn1ccccc1=O. The zero-order chi connectivity index (χ0) is 13.5. The minimum Gasteiger partial charge on any atom is -0.306 e. The van der Waals surface area contributed by atoms with Crippen molar-refractivity contribution in [1.82, 2.24) is 9.99 Å². The number of nitrogens with zero attached hydrogens (tertiary/aromatic N) is 2. The fraction of sp³-hybridized carbons (Fsp3) is 0.462. The Morgan fingerprint density at radius 2 is 2.22 bits per heavy atom. The molecule has 98 valence electrons. The minimum atomic E-state index is -0.300. The molecule has 1 N–H and O–H groups in total. The Labute approximate surface area is 107 Å². The minimum absolute atomic E-state index is 0.0169. The van der Waals surface area contributed by atoms with Gasteiger partial charge in [0, 0.05) is 18.0 Å². The molecule has 1 aromatic rings. The lowest BCUT2D eigenvalue weighted by Gasteiger charge is -2.08. The van der Waals surface area contributed by atoms with Crippen LogP contribution < -0.4 is 11.0 Å². The van der Waals surface area contributed by atoms with Gasteiger partial charge in [-0.25, -0.2) is 5.43 Å². The van der Waals surface area contributed by atoms with Gasteiger partial charge in [0.05, 0.1) is 0 Å². The summed E-state index contributed by atoms with van der Waals surface area (Å²) in [6.07, 6.45) is 2.55. The van der Waals surface area contributed by atoms with Gasteiger partial charge in [0.15, 0.2) is 0 Å². The molecular weight excluding hydrogens is 230 g/mol. The van der Waals surface area contributed by atoms with Crippen molar-refractivity contribution in [3.8, 4) is 0 Å². The van der Waals surface area contributed by atoms with Crippen LogP contribution in [0.25, 0.3) is 0 Å². The lowest BCUT2D eigenvalue weighted by atomic mass is 10.1. The predicted molar refractivity (Wildman–Crippen MR) is 71.4 cm³/mol. The van der Waals surface area contributed by atoms with E-state index in [1.54, 1.807) is 18.3 Å². The molecule has 1 atom stereocenters. The predicted octanol–water partition coefficient (Wildman–Crippen LogP) is 1.39. The van der Waals surface area contributed by atoms with Crippen molar-refractivity contribution < 1.29 is 4.79 Å².